The molecule has 28 heavy (non-hydrogen) atoms. The van der Waals surface area contributed by atoms with Crippen LogP contribution in [0.5, 0.6) is 11.5 Å². The van der Waals surface area contributed by atoms with Gasteiger partial charge in [0, 0.05) is 25.4 Å². The van der Waals surface area contributed by atoms with Gasteiger partial charge in [0.2, 0.25) is 5.91 Å². The number of carbonyl (C=O) groups is 1. The summed E-state index contributed by atoms with van der Waals surface area (Å²) < 4.78 is 11.5. The first kappa shape index (κ1) is 19.1. The third-order valence-corrected chi connectivity index (χ3v) is 5.66. The molecule has 0 saturated carbocycles. The predicted molar refractivity (Wildman–Crippen MR) is 108 cm³/mol. The summed E-state index contributed by atoms with van der Waals surface area (Å²) in [6, 6.07) is 7.85. The van der Waals surface area contributed by atoms with Crippen molar-refractivity contribution in [2.24, 2.45) is 0 Å². The molecule has 0 spiro atoms. The highest BCUT2D eigenvalue weighted by Crippen LogP contribution is 2.38. The molecule has 3 heterocycles. The Bertz CT molecular complexity index is 828. The van der Waals surface area contributed by atoms with Gasteiger partial charge in [0.25, 0.3) is 0 Å². The predicted octanol–water partition coefficient (Wildman–Crippen LogP) is 4.58. The van der Waals surface area contributed by atoms with E-state index in [4.69, 9.17) is 21.1 Å². The summed E-state index contributed by atoms with van der Waals surface area (Å²) in [5.74, 6) is 1.34. The number of nitrogens with zero attached hydrogens (tertiary/aromatic N) is 2. The van der Waals surface area contributed by atoms with Crippen LogP contribution in [0.3, 0.4) is 0 Å². The summed E-state index contributed by atoms with van der Waals surface area (Å²) in [5, 5.41) is 0.503. The molecule has 2 aromatic rings. The minimum absolute atomic E-state index is 0.105. The normalized spacial score (nSPS) is 19.6. The maximum atomic E-state index is 13.2. The summed E-state index contributed by atoms with van der Waals surface area (Å²) in [7, 11) is 0. The fourth-order valence-corrected chi connectivity index (χ4v) is 4.29. The van der Waals surface area contributed by atoms with Crippen LogP contribution in [-0.4, -0.2) is 35.5 Å². The van der Waals surface area contributed by atoms with E-state index < -0.39 is 0 Å². The molecule has 0 bridgehead atoms. The molecule has 0 N–H and O–H groups in total. The lowest BCUT2D eigenvalue weighted by molar-refractivity contribution is -0.132. The second-order valence-electron chi connectivity index (χ2n) is 7.36. The van der Waals surface area contributed by atoms with Gasteiger partial charge in [0.05, 0.1) is 30.7 Å². The molecule has 1 amide bonds. The molecule has 1 aromatic carbocycles. The number of halogens is 1. The molecule has 148 valence electrons. The van der Waals surface area contributed by atoms with Gasteiger partial charge in [-0.15, -0.1) is 0 Å². The van der Waals surface area contributed by atoms with E-state index in [1.54, 1.807) is 12.4 Å². The van der Waals surface area contributed by atoms with Gasteiger partial charge in [-0.05, 0) is 48.2 Å². The number of pyridine rings is 1. The third kappa shape index (κ3) is 4.25. The molecule has 2 aliphatic rings. The summed E-state index contributed by atoms with van der Waals surface area (Å²) in [6.07, 6.45) is 9.03. The lowest BCUT2D eigenvalue weighted by Gasteiger charge is -2.30. The van der Waals surface area contributed by atoms with Crippen LogP contribution in [0.25, 0.3) is 0 Å². The topological polar surface area (TPSA) is 51.7 Å². The number of likely N-dealkylation sites (tertiary alicyclic amines) is 1. The van der Waals surface area contributed by atoms with Crippen LogP contribution < -0.4 is 9.47 Å². The van der Waals surface area contributed by atoms with Gasteiger partial charge in [-0.1, -0.05) is 24.4 Å². The fraction of sp³-hybridized carbons (Fsp3) is 0.455. The van der Waals surface area contributed by atoms with Crippen LogP contribution in [-0.2, 0) is 11.2 Å². The molecular weight excluding hydrogens is 376 g/mol. The van der Waals surface area contributed by atoms with E-state index in [9.17, 15) is 4.79 Å². The molecule has 4 rings (SSSR count). The smallest absolute Gasteiger partial charge is 0.227 e. The standard InChI is InChI=1S/C22H25ClN2O3/c23-18-13-16(14-20-22(18)28-12-4-11-27-20)15-21(26)25-10-3-1-2-5-19(25)17-6-8-24-9-7-17/h6-9,13-14,19H,1-5,10-12,15H2. The first-order chi connectivity index (χ1) is 13.7. The molecule has 1 atom stereocenters. The van der Waals surface area contributed by atoms with Crippen LogP contribution in [0.15, 0.2) is 36.7 Å². The van der Waals surface area contributed by atoms with Gasteiger partial charge in [0.1, 0.15) is 0 Å². The Kier molecular flexibility index (Phi) is 6.01. The minimum Gasteiger partial charge on any atom is -0.489 e. The summed E-state index contributed by atoms with van der Waals surface area (Å²) in [5.41, 5.74) is 2.01. The summed E-state index contributed by atoms with van der Waals surface area (Å²) in [4.78, 5) is 19.4. The SMILES string of the molecule is O=C(Cc1cc(Cl)c2c(c1)OCCCO2)N1CCCCCC1c1ccncc1. The number of hydrogen-bond donors (Lipinski definition) is 0. The first-order valence-electron chi connectivity index (χ1n) is 10.00. The molecule has 1 aromatic heterocycles. The fourth-order valence-electron chi connectivity index (χ4n) is 4.00. The number of benzene rings is 1. The van der Waals surface area contributed by atoms with E-state index in [0.717, 1.165) is 49.8 Å². The van der Waals surface area contributed by atoms with E-state index in [1.807, 2.05) is 29.2 Å². The van der Waals surface area contributed by atoms with Crippen molar-refractivity contribution in [3.8, 4) is 11.5 Å². The first-order valence-corrected chi connectivity index (χ1v) is 10.4. The van der Waals surface area contributed by atoms with E-state index >= 15 is 0 Å². The maximum absolute atomic E-state index is 13.2. The molecule has 0 radical (unpaired) electrons. The van der Waals surface area contributed by atoms with Gasteiger partial charge in [-0.3, -0.25) is 9.78 Å². The van der Waals surface area contributed by atoms with Crippen LogP contribution in [0, 0.1) is 0 Å². The van der Waals surface area contributed by atoms with Gasteiger partial charge < -0.3 is 14.4 Å². The zero-order chi connectivity index (χ0) is 19.3. The number of fused-ring (bicyclic) bond motifs is 1. The third-order valence-electron chi connectivity index (χ3n) is 5.38. The monoisotopic (exact) mass is 400 g/mol. The minimum atomic E-state index is 0.105. The quantitative estimate of drug-likeness (QED) is 0.756. The largest absolute Gasteiger partial charge is 0.489 e. The van der Waals surface area contributed by atoms with Crippen LogP contribution >= 0.6 is 11.6 Å². The van der Waals surface area contributed by atoms with Crippen molar-refractivity contribution in [1.29, 1.82) is 0 Å². The highest BCUT2D eigenvalue weighted by atomic mass is 35.5. The van der Waals surface area contributed by atoms with Crippen molar-refractivity contribution in [3.63, 3.8) is 0 Å². The Morgan fingerprint density at radius 2 is 1.93 bits per heavy atom. The van der Waals surface area contributed by atoms with Crippen molar-refractivity contribution in [2.45, 2.75) is 44.6 Å². The van der Waals surface area contributed by atoms with Crippen molar-refractivity contribution in [1.82, 2.24) is 9.88 Å². The second-order valence-corrected chi connectivity index (χ2v) is 7.77. The maximum Gasteiger partial charge on any atom is 0.227 e. The summed E-state index contributed by atoms with van der Waals surface area (Å²) in [6.45, 7) is 1.97. The number of ether oxygens (including phenoxy) is 2. The molecule has 0 aliphatic carbocycles. The molecule has 5 nitrogen and oxygen atoms in total. The Labute approximate surface area is 170 Å². The number of hydrogen-bond acceptors (Lipinski definition) is 4. The molecular formula is C22H25ClN2O3. The Hall–Kier alpha value is -2.27. The lowest BCUT2D eigenvalue weighted by atomic mass is 10.0. The zero-order valence-electron chi connectivity index (χ0n) is 15.9. The average molecular weight is 401 g/mol. The van der Waals surface area contributed by atoms with Crippen LogP contribution in [0.1, 0.15) is 49.3 Å². The molecule has 6 heteroatoms. The van der Waals surface area contributed by atoms with Crippen LogP contribution in [0.2, 0.25) is 5.02 Å². The van der Waals surface area contributed by atoms with Crippen LogP contribution in [0.4, 0.5) is 0 Å². The van der Waals surface area contributed by atoms with Gasteiger partial charge in [0.15, 0.2) is 11.5 Å². The second kappa shape index (κ2) is 8.82. The highest BCUT2D eigenvalue weighted by molar-refractivity contribution is 6.32. The van der Waals surface area contributed by atoms with E-state index in [2.05, 4.69) is 4.98 Å². The Morgan fingerprint density at radius 3 is 2.79 bits per heavy atom. The number of aromatic nitrogens is 1. The Morgan fingerprint density at radius 1 is 1.11 bits per heavy atom. The average Bonchev–Trinajstić information content (AvgIpc) is 3.09. The van der Waals surface area contributed by atoms with Crippen molar-refractivity contribution >= 4 is 17.5 Å². The molecule has 1 fully saturated rings. The van der Waals surface area contributed by atoms with Gasteiger partial charge >= 0.3 is 0 Å². The van der Waals surface area contributed by atoms with Gasteiger partial charge in [-0.25, -0.2) is 0 Å². The highest BCUT2D eigenvalue weighted by Gasteiger charge is 2.27. The molecule has 1 saturated heterocycles. The van der Waals surface area contributed by atoms with Gasteiger partial charge in [-0.2, -0.15) is 0 Å². The Balaban J connectivity index is 1.56. The van der Waals surface area contributed by atoms with Crippen molar-refractivity contribution < 1.29 is 14.3 Å². The van der Waals surface area contributed by atoms with E-state index in [1.165, 1.54) is 0 Å². The number of rotatable bonds is 3. The summed E-state index contributed by atoms with van der Waals surface area (Å²) >= 11 is 6.40. The zero-order valence-corrected chi connectivity index (χ0v) is 16.7. The van der Waals surface area contributed by atoms with E-state index in [0.29, 0.717) is 36.2 Å². The van der Waals surface area contributed by atoms with Crippen molar-refractivity contribution in [3.05, 3.63) is 52.8 Å². The number of amides is 1. The molecule has 1 unspecified atom stereocenters. The number of carbonyl (C=O) groups excluding carboxylic acids is 1. The van der Waals surface area contributed by atoms with Crippen molar-refractivity contribution in [2.75, 3.05) is 19.8 Å². The lowest BCUT2D eigenvalue weighted by Crippen LogP contribution is -2.35. The molecule has 2 aliphatic heterocycles. The van der Waals surface area contributed by atoms with E-state index in [-0.39, 0.29) is 11.9 Å².